The predicted molar refractivity (Wildman–Crippen MR) is 89.2 cm³/mol. The average molecular weight is 395 g/mol. The van der Waals surface area contributed by atoms with E-state index < -0.39 is 20.9 Å². The van der Waals surface area contributed by atoms with Crippen molar-refractivity contribution in [2.45, 2.75) is 12.1 Å². The van der Waals surface area contributed by atoms with Gasteiger partial charge in [0.25, 0.3) is 5.91 Å². The minimum absolute atomic E-state index is 0.0965. The molecule has 0 spiro atoms. The number of carbonyl (C=O) groups excluding carboxylic acids is 1. The van der Waals surface area contributed by atoms with Crippen LogP contribution in [0.2, 0.25) is 15.1 Å². The molecular weight excluding hydrogens is 385 g/mol. The zero-order valence-corrected chi connectivity index (χ0v) is 14.8. The smallest absolute Gasteiger partial charge is 0.276 e. The minimum Gasteiger partial charge on any atom is -0.318 e. The summed E-state index contributed by atoms with van der Waals surface area (Å²) in [4.78, 5) is 19.7. The van der Waals surface area contributed by atoms with Gasteiger partial charge in [-0.3, -0.25) is 4.79 Å². The summed E-state index contributed by atoms with van der Waals surface area (Å²) in [6.07, 6.45) is 1.06. The van der Waals surface area contributed by atoms with E-state index in [1.807, 2.05) is 0 Å². The normalized spacial score (nSPS) is 11.3. The molecule has 0 aliphatic carbocycles. The summed E-state index contributed by atoms with van der Waals surface area (Å²) < 4.78 is 23.6. The molecule has 0 fully saturated rings. The minimum atomic E-state index is -3.67. The number of sulfone groups is 1. The Labute approximate surface area is 147 Å². The molecule has 0 atom stereocenters. The van der Waals surface area contributed by atoms with Crippen molar-refractivity contribution in [1.29, 1.82) is 0 Å². The van der Waals surface area contributed by atoms with Crippen LogP contribution in [-0.2, 0) is 9.84 Å². The molecule has 1 N–H and O–H groups in total. The van der Waals surface area contributed by atoms with Gasteiger partial charge in [-0.05, 0) is 12.1 Å². The van der Waals surface area contributed by atoms with Crippen LogP contribution in [0.25, 0.3) is 0 Å². The predicted octanol–water partition coefficient (Wildman–Crippen LogP) is 3.48. The van der Waals surface area contributed by atoms with Gasteiger partial charge in [-0.25, -0.2) is 18.4 Å². The van der Waals surface area contributed by atoms with E-state index in [4.69, 9.17) is 34.8 Å². The molecule has 2 aromatic rings. The molecule has 10 heteroatoms. The third-order valence-corrected chi connectivity index (χ3v) is 5.22. The van der Waals surface area contributed by atoms with E-state index >= 15 is 0 Å². The van der Waals surface area contributed by atoms with Gasteiger partial charge in [0.15, 0.2) is 5.69 Å². The molecule has 1 heterocycles. The maximum Gasteiger partial charge on any atom is 0.276 e. The Morgan fingerprint density at radius 3 is 2.35 bits per heavy atom. The van der Waals surface area contributed by atoms with Crippen molar-refractivity contribution in [1.82, 2.24) is 9.97 Å². The first-order valence-electron chi connectivity index (χ1n) is 6.27. The lowest BCUT2D eigenvalue weighted by Gasteiger charge is -2.10. The molecule has 0 bridgehead atoms. The van der Waals surface area contributed by atoms with Gasteiger partial charge in [-0.15, -0.1) is 0 Å². The van der Waals surface area contributed by atoms with Crippen LogP contribution in [0.4, 0.5) is 5.69 Å². The fourth-order valence-corrected chi connectivity index (χ4v) is 2.95. The number of benzene rings is 1. The summed E-state index contributed by atoms with van der Waals surface area (Å²) in [5.41, 5.74) is -0.111. The molecule has 23 heavy (non-hydrogen) atoms. The van der Waals surface area contributed by atoms with E-state index in [0.717, 1.165) is 6.20 Å². The highest BCUT2D eigenvalue weighted by Crippen LogP contribution is 2.30. The molecule has 2 rings (SSSR count). The first-order valence-corrected chi connectivity index (χ1v) is 9.05. The number of aromatic nitrogens is 2. The SMILES string of the molecule is CCS(=O)(=O)c1ncc(Cl)c(C(=O)Nc2c(Cl)cccc2Cl)n1. The molecule has 0 aliphatic heterocycles. The highest BCUT2D eigenvalue weighted by Gasteiger charge is 2.22. The van der Waals surface area contributed by atoms with Crippen molar-refractivity contribution >= 4 is 56.2 Å². The van der Waals surface area contributed by atoms with Crippen LogP contribution in [0.15, 0.2) is 29.6 Å². The third kappa shape index (κ3) is 3.92. The second kappa shape index (κ2) is 7.00. The van der Waals surface area contributed by atoms with Gasteiger partial charge in [-0.1, -0.05) is 47.8 Å². The number of hydrogen-bond donors (Lipinski definition) is 1. The summed E-state index contributed by atoms with van der Waals surface area (Å²) in [5, 5.41) is 2.33. The second-order valence-electron chi connectivity index (χ2n) is 4.30. The molecular formula is C13H10Cl3N3O3S. The van der Waals surface area contributed by atoms with E-state index in [0.29, 0.717) is 0 Å². The van der Waals surface area contributed by atoms with Gasteiger partial charge < -0.3 is 5.32 Å². The number of nitrogens with one attached hydrogen (secondary N) is 1. The monoisotopic (exact) mass is 393 g/mol. The number of para-hydroxylation sites is 1. The van der Waals surface area contributed by atoms with E-state index in [9.17, 15) is 13.2 Å². The molecule has 0 radical (unpaired) electrons. The van der Waals surface area contributed by atoms with Crippen LogP contribution in [0.1, 0.15) is 17.4 Å². The van der Waals surface area contributed by atoms with Crippen LogP contribution < -0.4 is 5.32 Å². The summed E-state index contributed by atoms with van der Waals surface area (Å²) in [6.45, 7) is 1.44. The number of hydrogen-bond acceptors (Lipinski definition) is 5. The summed E-state index contributed by atoms with van der Waals surface area (Å²) in [5.74, 6) is -0.952. The lowest BCUT2D eigenvalue weighted by molar-refractivity contribution is 0.102. The Balaban J connectivity index is 2.42. The number of anilines is 1. The maximum atomic E-state index is 12.3. The molecule has 0 aliphatic rings. The summed E-state index contributed by atoms with van der Waals surface area (Å²) in [6, 6.07) is 4.69. The summed E-state index contributed by atoms with van der Waals surface area (Å²) in [7, 11) is -3.67. The molecule has 1 aromatic carbocycles. The van der Waals surface area contributed by atoms with Crippen molar-refractivity contribution in [3.63, 3.8) is 0 Å². The van der Waals surface area contributed by atoms with E-state index in [1.54, 1.807) is 6.07 Å². The molecule has 1 aromatic heterocycles. The molecule has 1 amide bonds. The Morgan fingerprint density at radius 2 is 1.78 bits per heavy atom. The average Bonchev–Trinajstić information content (AvgIpc) is 2.51. The highest BCUT2D eigenvalue weighted by molar-refractivity contribution is 7.91. The maximum absolute atomic E-state index is 12.3. The van der Waals surface area contributed by atoms with E-state index in [1.165, 1.54) is 19.1 Å². The Kier molecular flexibility index (Phi) is 5.46. The van der Waals surface area contributed by atoms with Crippen LogP contribution in [0, 0.1) is 0 Å². The van der Waals surface area contributed by atoms with Crippen LogP contribution in [-0.4, -0.2) is 30.0 Å². The largest absolute Gasteiger partial charge is 0.318 e. The van der Waals surface area contributed by atoms with Crippen LogP contribution in [0.5, 0.6) is 0 Å². The zero-order valence-electron chi connectivity index (χ0n) is 11.7. The van der Waals surface area contributed by atoms with Gasteiger partial charge in [0.1, 0.15) is 0 Å². The van der Waals surface area contributed by atoms with Crippen LogP contribution in [0.3, 0.4) is 0 Å². The topological polar surface area (TPSA) is 89.0 Å². The van der Waals surface area contributed by atoms with Gasteiger partial charge >= 0.3 is 0 Å². The number of carbonyl (C=O) groups is 1. The lowest BCUT2D eigenvalue weighted by Crippen LogP contribution is -2.18. The highest BCUT2D eigenvalue weighted by atomic mass is 35.5. The van der Waals surface area contributed by atoms with E-state index in [-0.39, 0.29) is 32.2 Å². The van der Waals surface area contributed by atoms with E-state index in [2.05, 4.69) is 15.3 Å². The first-order chi connectivity index (χ1) is 10.8. The van der Waals surface area contributed by atoms with Gasteiger partial charge in [0, 0.05) is 0 Å². The van der Waals surface area contributed by atoms with Gasteiger partial charge in [0.2, 0.25) is 15.0 Å². The second-order valence-corrected chi connectivity index (χ2v) is 7.70. The standard InChI is InChI=1S/C13H10Cl3N3O3S/c1-2-23(21,22)13-17-6-9(16)11(19-13)12(20)18-10-7(14)4-3-5-8(10)15/h3-6H,2H2,1H3,(H,18,20). The molecule has 6 nitrogen and oxygen atoms in total. The number of halogens is 3. The van der Waals surface area contributed by atoms with Gasteiger partial charge in [0.05, 0.1) is 32.7 Å². The Morgan fingerprint density at radius 1 is 1.17 bits per heavy atom. The van der Waals surface area contributed by atoms with Crippen molar-refractivity contribution in [2.24, 2.45) is 0 Å². The molecule has 122 valence electrons. The number of nitrogens with zero attached hydrogens (tertiary/aromatic N) is 2. The molecule has 0 saturated heterocycles. The fraction of sp³-hybridized carbons (Fsp3) is 0.154. The molecule has 0 unspecified atom stereocenters. The van der Waals surface area contributed by atoms with Crippen molar-refractivity contribution in [3.8, 4) is 0 Å². The Hall–Kier alpha value is -1.41. The number of amides is 1. The van der Waals surface area contributed by atoms with Crippen LogP contribution >= 0.6 is 34.8 Å². The fourth-order valence-electron chi connectivity index (χ4n) is 1.58. The lowest BCUT2D eigenvalue weighted by atomic mass is 10.3. The Bertz CT molecular complexity index is 852. The zero-order chi connectivity index (χ0) is 17.2. The first kappa shape index (κ1) is 17.9. The van der Waals surface area contributed by atoms with Crippen molar-refractivity contribution in [3.05, 3.63) is 45.2 Å². The van der Waals surface area contributed by atoms with Crippen molar-refractivity contribution < 1.29 is 13.2 Å². The molecule has 0 saturated carbocycles. The van der Waals surface area contributed by atoms with Crippen molar-refractivity contribution in [2.75, 3.05) is 11.1 Å². The number of rotatable bonds is 4. The van der Waals surface area contributed by atoms with Gasteiger partial charge in [-0.2, -0.15) is 0 Å². The quantitative estimate of drug-likeness (QED) is 0.802. The summed E-state index contributed by atoms with van der Waals surface area (Å²) >= 11 is 17.8. The third-order valence-electron chi connectivity index (χ3n) is 2.80.